The van der Waals surface area contributed by atoms with Crippen molar-refractivity contribution >= 4 is 5.91 Å². The van der Waals surface area contributed by atoms with Crippen LogP contribution in [0.15, 0.2) is 24.3 Å². The van der Waals surface area contributed by atoms with Crippen molar-refractivity contribution < 1.29 is 9.53 Å². The van der Waals surface area contributed by atoms with Crippen molar-refractivity contribution in [1.29, 1.82) is 0 Å². The van der Waals surface area contributed by atoms with Gasteiger partial charge in [0.05, 0.1) is 7.11 Å². The summed E-state index contributed by atoms with van der Waals surface area (Å²) < 4.78 is 5.13. The number of carbonyl (C=O) groups is 1. The molecule has 0 saturated carbocycles. The van der Waals surface area contributed by atoms with Crippen LogP contribution in [0.2, 0.25) is 0 Å². The normalized spacial score (nSPS) is 23.3. The Hall–Kier alpha value is -1.59. The average Bonchev–Trinajstić information content (AvgIpc) is 3.09. The molecule has 1 aromatic carbocycles. The van der Waals surface area contributed by atoms with Crippen molar-refractivity contribution in [2.45, 2.75) is 12.5 Å². The lowest BCUT2D eigenvalue weighted by atomic mass is 10.1. The fourth-order valence-corrected chi connectivity index (χ4v) is 3.16. The molecule has 0 aromatic heterocycles. The number of ether oxygens (including phenoxy) is 1. The molecule has 1 N–H and O–H groups in total. The van der Waals surface area contributed by atoms with E-state index in [1.165, 1.54) is 6.42 Å². The molecule has 3 rings (SSSR count). The molecule has 5 nitrogen and oxygen atoms in total. The Balaban J connectivity index is 1.56. The number of carbonyl (C=O) groups excluding carboxylic acids is 1. The van der Waals surface area contributed by atoms with Crippen LogP contribution in [0, 0.1) is 0 Å². The lowest BCUT2D eigenvalue weighted by Crippen LogP contribution is -2.52. The van der Waals surface area contributed by atoms with Gasteiger partial charge in [-0.1, -0.05) is 0 Å². The van der Waals surface area contributed by atoms with Gasteiger partial charge < -0.3 is 15.0 Å². The van der Waals surface area contributed by atoms with E-state index in [4.69, 9.17) is 4.74 Å². The molecule has 0 aliphatic carbocycles. The van der Waals surface area contributed by atoms with Crippen molar-refractivity contribution in [2.75, 3.05) is 46.4 Å². The van der Waals surface area contributed by atoms with E-state index < -0.39 is 0 Å². The Kier molecular flexibility index (Phi) is 4.41. The van der Waals surface area contributed by atoms with Gasteiger partial charge in [-0.25, -0.2) is 0 Å². The Morgan fingerprint density at radius 3 is 2.48 bits per heavy atom. The molecule has 1 atom stereocenters. The van der Waals surface area contributed by atoms with Gasteiger partial charge >= 0.3 is 0 Å². The Morgan fingerprint density at radius 2 is 1.90 bits per heavy atom. The van der Waals surface area contributed by atoms with Crippen LogP contribution in [0.3, 0.4) is 0 Å². The van der Waals surface area contributed by atoms with Gasteiger partial charge in [0, 0.05) is 44.3 Å². The van der Waals surface area contributed by atoms with Crippen LogP contribution < -0.4 is 10.1 Å². The number of rotatable bonds is 3. The molecule has 5 heteroatoms. The van der Waals surface area contributed by atoms with Gasteiger partial charge in [0.25, 0.3) is 5.91 Å². The van der Waals surface area contributed by atoms with Crippen molar-refractivity contribution in [1.82, 2.24) is 15.1 Å². The van der Waals surface area contributed by atoms with Gasteiger partial charge in [-0.05, 0) is 37.2 Å². The zero-order valence-corrected chi connectivity index (χ0v) is 12.5. The molecule has 2 aliphatic rings. The summed E-state index contributed by atoms with van der Waals surface area (Å²) in [5.74, 6) is 0.909. The Bertz CT molecular complexity index is 475. The van der Waals surface area contributed by atoms with E-state index in [-0.39, 0.29) is 5.91 Å². The predicted molar refractivity (Wildman–Crippen MR) is 81.7 cm³/mol. The molecule has 1 aromatic rings. The van der Waals surface area contributed by atoms with Crippen LogP contribution in [-0.2, 0) is 0 Å². The summed E-state index contributed by atoms with van der Waals surface area (Å²) in [6, 6.07) is 8.02. The summed E-state index contributed by atoms with van der Waals surface area (Å²) in [7, 11) is 1.63. The van der Waals surface area contributed by atoms with Gasteiger partial charge in [0.15, 0.2) is 0 Å². The first-order valence-corrected chi connectivity index (χ1v) is 7.66. The monoisotopic (exact) mass is 289 g/mol. The van der Waals surface area contributed by atoms with Crippen LogP contribution >= 0.6 is 0 Å². The molecule has 1 amide bonds. The summed E-state index contributed by atoms with van der Waals surface area (Å²) in [5, 5.41) is 3.41. The minimum atomic E-state index is 0.127. The molecule has 0 spiro atoms. The largest absolute Gasteiger partial charge is 0.497 e. The Morgan fingerprint density at radius 1 is 1.19 bits per heavy atom. The zero-order chi connectivity index (χ0) is 14.7. The summed E-state index contributed by atoms with van der Waals surface area (Å²) >= 11 is 0. The maximum Gasteiger partial charge on any atom is 0.253 e. The molecule has 2 aliphatic heterocycles. The van der Waals surface area contributed by atoms with Crippen LogP contribution in [0.25, 0.3) is 0 Å². The first kappa shape index (κ1) is 14.4. The molecule has 21 heavy (non-hydrogen) atoms. The second-order valence-electron chi connectivity index (χ2n) is 5.70. The first-order chi connectivity index (χ1) is 10.3. The minimum absolute atomic E-state index is 0.127. The molecule has 0 bridgehead atoms. The number of hydrogen-bond acceptors (Lipinski definition) is 4. The maximum absolute atomic E-state index is 12.5. The molecule has 0 radical (unpaired) electrons. The average molecular weight is 289 g/mol. The minimum Gasteiger partial charge on any atom is -0.497 e. The highest BCUT2D eigenvalue weighted by molar-refractivity contribution is 5.94. The van der Waals surface area contributed by atoms with Crippen molar-refractivity contribution in [3.05, 3.63) is 29.8 Å². The zero-order valence-electron chi connectivity index (χ0n) is 12.5. The SMILES string of the molecule is COc1ccc(C(=O)N2CCN(C3CCNC3)CC2)cc1. The van der Waals surface area contributed by atoms with Gasteiger partial charge in [-0.15, -0.1) is 0 Å². The highest BCUT2D eigenvalue weighted by Gasteiger charge is 2.28. The third-order valence-corrected chi connectivity index (χ3v) is 4.49. The smallest absolute Gasteiger partial charge is 0.253 e. The van der Waals surface area contributed by atoms with E-state index >= 15 is 0 Å². The molecule has 2 heterocycles. The topological polar surface area (TPSA) is 44.8 Å². The van der Waals surface area contributed by atoms with E-state index in [9.17, 15) is 4.79 Å². The maximum atomic E-state index is 12.5. The standard InChI is InChI=1S/C16H23N3O2/c1-21-15-4-2-13(3-5-15)16(20)19-10-8-18(9-11-19)14-6-7-17-12-14/h2-5,14,17H,6-12H2,1H3. The highest BCUT2D eigenvalue weighted by atomic mass is 16.5. The second kappa shape index (κ2) is 6.45. The van der Waals surface area contributed by atoms with E-state index in [2.05, 4.69) is 10.2 Å². The van der Waals surface area contributed by atoms with Gasteiger partial charge in [-0.3, -0.25) is 9.69 Å². The first-order valence-electron chi connectivity index (χ1n) is 7.66. The summed E-state index contributed by atoms with van der Waals surface area (Å²) in [6.45, 7) is 5.81. The molecule has 1 unspecified atom stereocenters. The number of piperazine rings is 1. The number of nitrogens with one attached hydrogen (secondary N) is 1. The van der Waals surface area contributed by atoms with Crippen LogP contribution in [0.4, 0.5) is 0 Å². The molecule has 2 saturated heterocycles. The third-order valence-electron chi connectivity index (χ3n) is 4.49. The van der Waals surface area contributed by atoms with Gasteiger partial charge in [-0.2, -0.15) is 0 Å². The van der Waals surface area contributed by atoms with Crippen molar-refractivity contribution in [2.24, 2.45) is 0 Å². The van der Waals surface area contributed by atoms with Gasteiger partial charge in [0.2, 0.25) is 0 Å². The lowest BCUT2D eigenvalue weighted by Gasteiger charge is -2.37. The number of nitrogens with zero attached hydrogens (tertiary/aromatic N) is 2. The third kappa shape index (κ3) is 3.19. The second-order valence-corrected chi connectivity index (χ2v) is 5.70. The number of benzene rings is 1. The van der Waals surface area contributed by atoms with Crippen LogP contribution in [-0.4, -0.2) is 68.1 Å². The summed E-state index contributed by atoms with van der Waals surface area (Å²) in [5.41, 5.74) is 0.742. The van der Waals surface area contributed by atoms with Gasteiger partial charge in [0.1, 0.15) is 5.75 Å². The summed E-state index contributed by atoms with van der Waals surface area (Å²) in [6.07, 6.45) is 1.23. The molecular formula is C16H23N3O2. The quantitative estimate of drug-likeness (QED) is 0.894. The van der Waals surface area contributed by atoms with Crippen LogP contribution in [0.5, 0.6) is 5.75 Å². The van der Waals surface area contributed by atoms with Crippen LogP contribution in [0.1, 0.15) is 16.8 Å². The molecule has 2 fully saturated rings. The number of methoxy groups -OCH3 is 1. The predicted octanol–water partition coefficient (Wildman–Crippen LogP) is 0.815. The fraction of sp³-hybridized carbons (Fsp3) is 0.562. The van der Waals surface area contributed by atoms with E-state index in [1.807, 2.05) is 29.2 Å². The Labute approximate surface area is 125 Å². The number of hydrogen-bond donors (Lipinski definition) is 1. The van der Waals surface area contributed by atoms with Crippen molar-refractivity contribution in [3.8, 4) is 5.75 Å². The number of amides is 1. The highest BCUT2D eigenvalue weighted by Crippen LogP contribution is 2.16. The van der Waals surface area contributed by atoms with Crippen molar-refractivity contribution in [3.63, 3.8) is 0 Å². The van der Waals surface area contributed by atoms with E-state index in [0.717, 1.165) is 50.6 Å². The van der Waals surface area contributed by atoms with E-state index in [0.29, 0.717) is 6.04 Å². The fourth-order valence-electron chi connectivity index (χ4n) is 3.16. The molecule has 114 valence electrons. The molecular weight excluding hydrogens is 266 g/mol. The van der Waals surface area contributed by atoms with E-state index in [1.54, 1.807) is 7.11 Å². The summed E-state index contributed by atoms with van der Waals surface area (Å²) in [4.78, 5) is 17.0. The lowest BCUT2D eigenvalue weighted by molar-refractivity contribution is 0.0584.